The predicted octanol–water partition coefficient (Wildman–Crippen LogP) is 5.65. The van der Waals surface area contributed by atoms with Crippen LogP contribution in [0.15, 0.2) is 55.0 Å². The number of halogens is 3. The molecule has 4 aromatic rings. The third kappa shape index (κ3) is 3.63. The zero-order valence-corrected chi connectivity index (χ0v) is 21.6. The van der Waals surface area contributed by atoms with Crippen molar-refractivity contribution in [2.24, 2.45) is 5.73 Å². The summed E-state index contributed by atoms with van der Waals surface area (Å²) >= 11 is 6.57. The Hall–Kier alpha value is -4.28. The van der Waals surface area contributed by atoms with Crippen molar-refractivity contribution >= 4 is 17.5 Å². The van der Waals surface area contributed by atoms with E-state index in [1.807, 2.05) is 30.3 Å². The van der Waals surface area contributed by atoms with E-state index in [9.17, 15) is 4.79 Å². The van der Waals surface area contributed by atoms with Gasteiger partial charge in [0.05, 0.1) is 22.8 Å². The number of rotatable bonds is 4. The summed E-state index contributed by atoms with van der Waals surface area (Å²) in [6, 6.07) is 11.9. The van der Waals surface area contributed by atoms with Gasteiger partial charge >= 0.3 is 0 Å². The maximum absolute atomic E-state index is 16.5. The quantitative estimate of drug-likeness (QED) is 0.291. The van der Waals surface area contributed by atoms with Crippen LogP contribution in [-0.4, -0.2) is 28.5 Å². The van der Waals surface area contributed by atoms with Gasteiger partial charge in [-0.2, -0.15) is 4.98 Å². The van der Waals surface area contributed by atoms with Crippen LogP contribution in [0.25, 0.3) is 11.1 Å². The second-order valence-corrected chi connectivity index (χ2v) is 10.3. The van der Waals surface area contributed by atoms with Crippen molar-refractivity contribution in [3.05, 3.63) is 88.3 Å². The first-order valence-electron chi connectivity index (χ1n) is 12.7. The van der Waals surface area contributed by atoms with Gasteiger partial charge in [0.15, 0.2) is 17.2 Å². The highest BCUT2D eigenvalue weighted by molar-refractivity contribution is 6.34. The van der Waals surface area contributed by atoms with E-state index in [0.29, 0.717) is 5.56 Å². The van der Waals surface area contributed by atoms with Gasteiger partial charge in [-0.3, -0.25) is 4.79 Å². The third-order valence-electron chi connectivity index (χ3n) is 7.67. The van der Waals surface area contributed by atoms with Gasteiger partial charge in [-0.1, -0.05) is 41.9 Å². The van der Waals surface area contributed by atoms with E-state index in [4.69, 9.17) is 31.5 Å². The molecule has 40 heavy (non-hydrogen) atoms. The van der Waals surface area contributed by atoms with Gasteiger partial charge in [-0.15, -0.1) is 0 Å². The molecule has 2 atom stereocenters. The fourth-order valence-electron chi connectivity index (χ4n) is 5.91. The molecular weight excluding hydrogens is 542 g/mol. The van der Waals surface area contributed by atoms with Gasteiger partial charge in [0.1, 0.15) is 17.9 Å². The molecule has 4 heterocycles. The van der Waals surface area contributed by atoms with Crippen LogP contribution in [-0.2, 0) is 12.0 Å². The molecule has 1 aromatic heterocycles. The summed E-state index contributed by atoms with van der Waals surface area (Å²) in [5.74, 6) is -2.92. The Bertz CT molecular complexity index is 1700. The molecule has 3 aliphatic rings. The Kier molecular flexibility index (Phi) is 5.65. The maximum atomic E-state index is 16.5. The van der Waals surface area contributed by atoms with Gasteiger partial charge in [0.2, 0.25) is 17.4 Å². The number of amides is 1. The van der Waals surface area contributed by atoms with E-state index in [-0.39, 0.29) is 63.1 Å². The Labute approximate surface area is 232 Å². The van der Waals surface area contributed by atoms with Crippen molar-refractivity contribution in [2.75, 3.05) is 6.54 Å². The number of benzene rings is 3. The Morgan fingerprint density at radius 3 is 2.67 bits per heavy atom. The van der Waals surface area contributed by atoms with Crippen molar-refractivity contribution in [3.63, 3.8) is 0 Å². The number of primary amides is 1. The zero-order chi connectivity index (χ0) is 27.6. The molecule has 0 aliphatic carbocycles. The smallest absolute Gasteiger partial charge is 0.266 e. The molecule has 0 saturated carbocycles. The average molecular weight is 563 g/mol. The number of fused-ring (bicyclic) bond motifs is 3. The van der Waals surface area contributed by atoms with E-state index in [0.717, 1.165) is 24.9 Å². The molecule has 0 radical (unpaired) electrons. The molecular formula is C29H21ClF2N4O4. The fraction of sp³-hybridized carbons (Fsp3) is 0.207. The normalized spacial score (nSPS) is 20.5. The van der Waals surface area contributed by atoms with Crippen LogP contribution in [0.4, 0.5) is 8.78 Å². The number of nitrogens with one attached hydrogen (secondary N) is 1. The van der Waals surface area contributed by atoms with Crippen LogP contribution in [0.5, 0.6) is 28.9 Å². The molecule has 0 bridgehead atoms. The summed E-state index contributed by atoms with van der Waals surface area (Å²) in [4.78, 5) is 20.5. The van der Waals surface area contributed by atoms with Gasteiger partial charge in [-0.25, -0.2) is 13.8 Å². The molecule has 8 nitrogen and oxygen atoms in total. The minimum Gasteiger partial charge on any atom is -0.480 e. The highest BCUT2D eigenvalue weighted by Crippen LogP contribution is 2.55. The summed E-state index contributed by atoms with van der Waals surface area (Å²) in [5, 5.41) is 3.14. The summed E-state index contributed by atoms with van der Waals surface area (Å²) in [6.45, 7) is 0.800. The molecule has 202 valence electrons. The average Bonchev–Trinajstić information content (AvgIpc) is 3.63. The summed E-state index contributed by atoms with van der Waals surface area (Å²) in [5.41, 5.74) is 5.54. The molecule has 3 aliphatic heterocycles. The van der Waals surface area contributed by atoms with E-state index in [1.165, 1.54) is 24.7 Å². The number of carbonyl (C=O) groups is 1. The van der Waals surface area contributed by atoms with Crippen LogP contribution in [0.2, 0.25) is 5.02 Å². The second-order valence-electron chi connectivity index (χ2n) is 9.91. The summed E-state index contributed by atoms with van der Waals surface area (Å²) < 4.78 is 49.9. The van der Waals surface area contributed by atoms with Gasteiger partial charge < -0.3 is 25.3 Å². The molecule has 1 fully saturated rings. The first-order chi connectivity index (χ1) is 19.4. The first-order valence-corrected chi connectivity index (χ1v) is 13.1. The van der Waals surface area contributed by atoms with Gasteiger partial charge in [0.25, 0.3) is 5.88 Å². The first kappa shape index (κ1) is 24.7. The van der Waals surface area contributed by atoms with Crippen molar-refractivity contribution in [2.45, 2.75) is 30.9 Å². The predicted molar refractivity (Wildman–Crippen MR) is 141 cm³/mol. The van der Waals surface area contributed by atoms with Crippen LogP contribution < -0.4 is 25.3 Å². The maximum Gasteiger partial charge on any atom is 0.266 e. The third-order valence-corrected chi connectivity index (χ3v) is 8.04. The number of ether oxygens (including phenoxy) is 3. The van der Waals surface area contributed by atoms with Crippen molar-refractivity contribution in [1.29, 1.82) is 0 Å². The molecule has 0 spiro atoms. The molecule has 3 N–H and O–H groups in total. The van der Waals surface area contributed by atoms with Gasteiger partial charge in [0, 0.05) is 29.2 Å². The number of nitrogens with two attached hydrogens (primary N) is 1. The van der Waals surface area contributed by atoms with Crippen LogP contribution in [0, 0.1) is 11.6 Å². The number of nitrogens with zero attached hydrogens (tertiary/aromatic N) is 2. The lowest BCUT2D eigenvalue weighted by atomic mass is 9.80. The van der Waals surface area contributed by atoms with Crippen molar-refractivity contribution in [1.82, 2.24) is 15.3 Å². The lowest BCUT2D eigenvalue weighted by molar-refractivity contribution is 0.0539. The molecule has 3 aromatic carbocycles. The fourth-order valence-corrected chi connectivity index (χ4v) is 6.17. The van der Waals surface area contributed by atoms with Crippen LogP contribution >= 0.6 is 11.6 Å². The van der Waals surface area contributed by atoms with E-state index < -0.39 is 23.1 Å². The number of hydrogen-bond acceptors (Lipinski definition) is 7. The standard InChI is InChI=1S/C29H21ClF2N4O4/c30-24-17(31)10-18-16(11-29(40-18,21-7-4-8-35-21)14-5-2-1-3-6-14)22(24)23-15(27(33)37)9-19-26(25(23)32)38-20-12-34-13-36-28(20)39-19/h1-3,5-6,9-10,12-13,21,35H,4,7-8,11H2,(H2,33,37)/t21-,29-/m0/s1. The summed E-state index contributed by atoms with van der Waals surface area (Å²) in [6.07, 6.45) is 4.55. The molecule has 1 saturated heterocycles. The largest absolute Gasteiger partial charge is 0.480 e. The monoisotopic (exact) mass is 562 g/mol. The van der Waals surface area contributed by atoms with Gasteiger partial charge in [-0.05, 0) is 31.0 Å². The Balaban J connectivity index is 1.45. The van der Waals surface area contributed by atoms with Crippen LogP contribution in [0.1, 0.15) is 34.3 Å². The number of hydrogen-bond donors (Lipinski definition) is 2. The number of aromatic nitrogens is 2. The van der Waals surface area contributed by atoms with Crippen LogP contribution in [0.3, 0.4) is 0 Å². The van der Waals surface area contributed by atoms with Crippen molar-refractivity contribution < 1.29 is 27.8 Å². The zero-order valence-electron chi connectivity index (χ0n) is 20.8. The molecule has 0 unspecified atom stereocenters. The van der Waals surface area contributed by atoms with Crippen molar-refractivity contribution in [3.8, 4) is 40.0 Å². The molecule has 1 amide bonds. The second kappa shape index (κ2) is 9.14. The number of carbonyl (C=O) groups excluding carboxylic acids is 1. The van der Waals surface area contributed by atoms with E-state index in [2.05, 4.69) is 15.3 Å². The Morgan fingerprint density at radius 1 is 1.10 bits per heavy atom. The Morgan fingerprint density at radius 2 is 1.93 bits per heavy atom. The minimum absolute atomic E-state index is 0.0275. The lowest BCUT2D eigenvalue weighted by Gasteiger charge is -2.35. The minimum atomic E-state index is -0.994. The molecule has 11 heteroatoms. The lowest BCUT2D eigenvalue weighted by Crippen LogP contribution is -2.48. The van der Waals surface area contributed by atoms with E-state index >= 15 is 8.78 Å². The highest BCUT2D eigenvalue weighted by Gasteiger charge is 2.50. The topological polar surface area (TPSA) is 109 Å². The van der Waals surface area contributed by atoms with E-state index in [1.54, 1.807) is 0 Å². The molecule has 7 rings (SSSR count). The SMILES string of the molecule is NC(=O)c1cc2c(c(F)c1-c1c(Cl)c(F)cc3c1C[C@](c1ccccc1)([C@@H]1CCCN1)O3)Oc1cncnc1O2. The highest BCUT2D eigenvalue weighted by atomic mass is 35.5. The summed E-state index contributed by atoms with van der Waals surface area (Å²) in [7, 11) is 0.